The largest absolute Gasteiger partial charge is 0.324 e. The van der Waals surface area contributed by atoms with E-state index in [1.54, 1.807) is 29.9 Å². The molecule has 0 atom stereocenters. The fraction of sp³-hybridized carbons (Fsp3) is 0. The quantitative estimate of drug-likeness (QED) is 0.546. The minimum atomic E-state index is -3.66. The molecule has 0 unspecified atom stereocenters. The summed E-state index contributed by atoms with van der Waals surface area (Å²) in [6, 6.07) is 14.0. The van der Waals surface area contributed by atoms with Crippen molar-refractivity contribution in [3.63, 3.8) is 0 Å². The van der Waals surface area contributed by atoms with Gasteiger partial charge in [0.1, 0.15) is 0 Å². The molecular weight excluding hydrogens is 370 g/mol. The molecule has 0 saturated heterocycles. The first-order chi connectivity index (χ1) is 12.6. The van der Waals surface area contributed by atoms with Gasteiger partial charge < -0.3 is 5.32 Å². The van der Waals surface area contributed by atoms with Crippen LogP contribution in [0.2, 0.25) is 0 Å². The molecule has 2 aromatic carbocycles. The van der Waals surface area contributed by atoms with E-state index in [0.717, 1.165) is 10.9 Å². The van der Waals surface area contributed by atoms with E-state index in [9.17, 15) is 8.42 Å². The van der Waals surface area contributed by atoms with Gasteiger partial charge in [0.2, 0.25) is 5.95 Å². The fourth-order valence-electron chi connectivity index (χ4n) is 2.33. The van der Waals surface area contributed by atoms with Gasteiger partial charge in [0.15, 0.2) is 5.13 Å². The van der Waals surface area contributed by atoms with Crippen LogP contribution in [0.4, 0.5) is 16.8 Å². The highest BCUT2D eigenvalue weighted by molar-refractivity contribution is 7.93. The molecule has 9 heteroatoms. The number of thiazole rings is 1. The normalized spacial score (nSPS) is 11.4. The monoisotopic (exact) mass is 383 g/mol. The van der Waals surface area contributed by atoms with Gasteiger partial charge in [-0.25, -0.2) is 23.4 Å². The topological polar surface area (TPSA) is 96.9 Å². The Labute approximate surface area is 153 Å². The van der Waals surface area contributed by atoms with Crippen molar-refractivity contribution in [3.05, 3.63) is 66.3 Å². The number of nitrogens with zero attached hydrogens (tertiary/aromatic N) is 3. The number of para-hydroxylation sites is 1. The summed E-state index contributed by atoms with van der Waals surface area (Å²) in [5.41, 5.74) is 1.52. The average Bonchev–Trinajstić information content (AvgIpc) is 3.14. The number of anilines is 3. The summed E-state index contributed by atoms with van der Waals surface area (Å²) in [6.07, 6.45) is 3.28. The highest BCUT2D eigenvalue weighted by atomic mass is 32.2. The minimum Gasteiger partial charge on any atom is -0.324 e. The number of hydrogen-bond acceptors (Lipinski definition) is 7. The van der Waals surface area contributed by atoms with Gasteiger partial charge in [-0.05, 0) is 30.3 Å². The first-order valence-electron chi connectivity index (χ1n) is 7.61. The molecule has 4 rings (SSSR count). The van der Waals surface area contributed by atoms with Gasteiger partial charge in [0, 0.05) is 28.8 Å². The molecule has 0 aliphatic carbocycles. The zero-order valence-corrected chi connectivity index (χ0v) is 15.0. The van der Waals surface area contributed by atoms with E-state index < -0.39 is 10.0 Å². The third kappa shape index (κ3) is 3.48. The zero-order valence-electron chi connectivity index (χ0n) is 13.3. The lowest BCUT2D eigenvalue weighted by Crippen LogP contribution is -2.12. The van der Waals surface area contributed by atoms with E-state index in [1.807, 2.05) is 24.3 Å². The predicted octanol–water partition coefficient (Wildman–Crippen LogP) is 3.63. The lowest BCUT2D eigenvalue weighted by Gasteiger charge is -2.08. The van der Waals surface area contributed by atoms with Crippen LogP contribution in [0.15, 0.2) is 71.2 Å². The summed E-state index contributed by atoms with van der Waals surface area (Å²) in [5.74, 6) is 0.445. The van der Waals surface area contributed by atoms with Crippen molar-refractivity contribution in [3.8, 4) is 0 Å². The van der Waals surface area contributed by atoms with E-state index in [-0.39, 0.29) is 4.90 Å². The second-order valence-corrected chi connectivity index (χ2v) is 7.92. The van der Waals surface area contributed by atoms with Crippen molar-refractivity contribution in [1.29, 1.82) is 0 Å². The predicted molar refractivity (Wildman–Crippen MR) is 102 cm³/mol. The molecule has 2 N–H and O–H groups in total. The van der Waals surface area contributed by atoms with Crippen LogP contribution < -0.4 is 10.0 Å². The van der Waals surface area contributed by atoms with E-state index in [4.69, 9.17) is 0 Å². The molecule has 0 fully saturated rings. The Bertz CT molecular complexity index is 1140. The van der Waals surface area contributed by atoms with Crippen molar-refractivity contribution in [2.24, 2.45) is 0 Å². The standard InChI is InChI=1S/C17H13N5O2S2/c23-26(24,22-17-18-9-10-25-17)14-7-5-13(6-8-14)20-16-19-11-12-3-1-2-4-15(12)21-16/h1-11H,(H,18,22)(H,19,20,21). The lowest BCUT2D eigenvalue weighted by atomic mass is 10.2. The lowest BCUT2D eigenvalue weighted by molar-refractivity contribution is 0.601. The Morgan fingerprint density at radius 3 is 2.54 bits per heavy atom. The average molecular weight is 383 g/mol. The summed E-state index contributed by atoms with van der Waals surface area (Å²) in [7, 11) is -3.66. The van der Waals surface area contributed by atoms with Crippen LogP contribution in [0.1, 0.15) is 0 Å². The number of hydrogen-bond donors (Lipinski definition) is 2. The molecule has 0 saturated carbocycles. The maximum Gasteiger partial charge on any atom is 0.263 e. The molecule has 0 aliphatic rings. The minimum absolute atomic E-state index is 0.151. The Morgan fingerprint density at radius 2 is 1.77 bits per heavy atom. The van der Waals surface area contributed by atoms with E-state index in [0.29, 0.717) is 16.8 Å². The Morgan fingerprint density at radius 1 is 0.962 bits per heavy atom. The summed E-state index contributed by atoms with van der Waals surface area (Å²) in [6.45, 7) is 0. The molecule has 130 valence electrons. The van der Waals surface area contributed by atoms with Gasteiger partial charge in [-0.15, -0.1) is 11.3 Å². The molecule has 0 radical (unpaired) electrons. The number of nitrogens with one attached hydrogen (secondary N) is 2. The maximum atomic E-state index is 12.3. The summed E-state index contributed by atoms with van der Waals surface area (Å²) in [4.78, 5) is 12.8. The third-order valence-corrected chi connectivity index (χ3v) is 5.74. The molecule has 26 heavy (non-hydrogen) atoms. The van der Waals surface area contributed by atoms with Gasteiger partial charge in [-0.1, -0.05) is 18.2 Å². The second kappa shape index (κ2) is 6.70. The smallest absolute Gasteiger partial charge is 0.263 e. The SMILES string of the molecule is O=S(=O)(Nc1nccs1)c1ccc(Nc2ncc3ccccc3n2)cc1. The molecule has 4 aromatic rings. The summed E-state index contributed by atoms with van der Waals surface area (Å²) < 4.78 is 27.1. The molecule has 0 amide bonds. The van der Waals surface area contributed by atoms with Crippen LogP contribution >= 0.6 is 11.3 Å². The first kappa shape index (κ1) is 16.4. The van der Waals surface area contributed by atoms with E-state index in [2.05, 4.69) is 25.0 Å². The molecule has 2 aromatic heterocycles. The van der Waals surface area contributed by atoms with Crippen molar-refractivity contribution < 1.29 is 8.42 Å². The summed E-state index contributed by atoms with van der Waals surface area (Å²) in [5, 5.41) is 6.06. The van der Waals surface area contributed by atoms with Crippen LogP contribution in [-0.4, -0.2) is 23.4 Å². The molecule has 7 nitrogen and oxygen atoms in total. The number of aromatic nitrogens is 3. The van der Waals surface area contributed by atoms with Crippen LogP contribution in [0.5, 0.6) is 0 Å². The van der Waals surface area contributed by atoms with Crippen LogP contribution in [-0.2, 0) is 10.0 Å². The summed E-state index contributed by atoms with van der Waals surface area (Å²) >= 11 is 1.22. The highest BCUT2D eigenvalue weighted by Gasteiger charge is 2.15. The van der Waals surface area contributed by atoms with Crippen LogP contribution in [0.25, 0.3) is 10.9 Å². The van der Waals surface area contributed by atoms with Gasteiger partial charge in [-0.2, -0.15) is 0 Å². The Kier molecular flexibility index (Phi) is 4.23. The first-order valence-corrected chi connectivity index (χ1v) is 9.98. The van der Waals surface area contributed by atoms with E-state index in [1.165, 1.54) is 23.5 Å². The Balaban J connectivity index is 1.53. The molecule has 0 bridgehead atoms. The van der Waals surface area contributed by atoms with Crippen LogP contribution in [0, 0.1) is 0 Å². The van der Waals surface area contributed by atoms with Gasteiger partial charge in [0.05, 0.1) is 10.4 Å². The van der Waals surface area contributed by atoms with Gasteiger partial charge in [0.25, 0.3) is 10.0 Å². The van der Waals surface area contributed by atoms with Crippen molar-refractivity contribution in [2.45, 2.75) is 4.90 Å². The maximum absolute atomic E-state index is 12.3. The van der Waals surface area contributed by atoms with Crippen LogP contribution in [0.3, 0.4) is 0 Å². The number of rotatable bonds is 5. The zero-order chi connectivity index (χ0) is 18.0. The number of sulfonamides is 1. The van der Waals surface area contributed by atoms with Gasteiger partial charge in [-0.3, -0.25) is 4.72 Å². The van der Waals surface area contributed by atoms with Crippen molar-refractivity contribution >= 4 is 49.0 Å². The second-order valence-electron chi connectivity index (χ2n) is 5.34. The molecule has 0 aliphatic heterocycles. The number of benzene rings is 2. The highest BCUT2D eigenvalue weighted by Crippen LogP contribution is 2.21. The molecule has 2 heterocycles. The number of fused-ring (bicyclic) bond motifs is 1. The van der Waals surface area contributed by atoms with Crippen molar-refractivity contribution in [1.82, 2.24) is 15.0 Å². The molecular formula is C17H13N5O2S2. The fourth-order valence-corrected chi connectivity index (χ4v) is 4.12. The third-order valence-electron chi connectivity index (χ3n) is 3.56. The van der Waals surface area contributed by atoms with E-state index >= 15 is 0 Å². The van der Waals surface area contributed by atoms with Crippen molar-refractivity contribution in [2.75, 3.05) is 10.0 Å². The van der Waals surface area contributed by atoms with Gasteiger partial charge >= 0.3 is 0 Å². The molecule has 0 spiro atoms. The Hall–Kier alpha value is -3.04.